The zero-order valence-corrected chi connectivity index (χ0v) is 15.2. The lowest BCUT2D eigenvalue weighted by atomic mass is 10.1. The summed E-state index contributed by atoms with van der Waals surface area (Å²) < 4.78 is 11.3. The van der Waals surface area contributed by atoms with Crippen LogP contribution in [0.25, 0.3) is 0 Å². The Balaban J connectivity index is 2.21. The van der Waals surface area contributed by atoms with Crippen LogP contribution >= 0.6 is 11.8 Å². The Labute approximate surface area is 146 Å². The van der Waals surface area contributed by atoms with Crippen LogP contribution in [-0.2, 0) is 0 Å². The zero-order valence-electron chi connectivity index (χ0n) is 14.4. The minimum Gasteiger partial charge on any atom is -0.490 e. The van der Waals surface area contributed by atoms with Gasteiger partial charge in [-0.2, -0.15) is 15.0 Å². The molecule has 1 atom stereocenters. The zero-order chi connectivity index (χ0) is 17.5. The monoisotopic (exact) mass is 349 g/mol. The van der Waals surface area contributed by atoms with E-state index in [-0.39, 0.29) is 12.0 Å². The van der Waals surface area contributed by atoms with Gasteiger partial charge < -0.3 is 20.5 Å². The summed E-state index contributed by atoms with van der Waals surface area (Å²) in [7, 11) is 0. The maximum Gasteiger partial charge on any atom is 0.228 e. The van der Waals surface area contributed by atoms with Gasteiger partial charge in [0.1, 0.15) is 0 Å². The minimum absolute atomic E-state index is 0.0311. The van der Waals surface area contributed by atoms with Crippen molar-refractivity contribution < 1.29 is 9.47 Å². The van der Waals surface area contributed by atoms with Crippen molar-refractivity contribution in [3.63, 3.8) is 0 Å². The molecular formula is C16H23N5O2S. The number of nitrogens with one attached hydrogen (secondary N) is 1. The van der Waals surface area contributed by atoms with Gasteiger partial charge in [-0.25, -0.2) is 0 Å². The first kappa shape index (κ1) is 18.1. The van der Waals surface area contributed by atoms with Crippen molar-refractivity contribution >= 4 is 23.7 Å². The summed E-state index contributed by atoms with van der Waals surface area (Å²) in [6.45, 7) is 7.08. The Kier molecular flexibility index (Phi) is 6.48. The molecule has 0 radical (unpaired) electrons. The van der Waals surface area contributed by atoms with E-state index in [1.807, 2.05) is 45.2 Å². The number of rotatable bonds is 8. The molecule has 0 bridgehead atoms. The largest absolute Gasteiger partial charge is 0.490 e. The number of nitrogen functional groups attached to an aromatic ring is 1. The van der Waals surface area contributed by atoms with E-state index in [0.29, 0.717) is 24.3 Å². The fourth-order valence-corrected chi connectivity index (χ4v) is 2.50. The predicted molar refractivity (Wildman–Crippen MR) is 96.8 cm³/mol. The SMILES string of the molecule is CCOc1ccc(C(C)Nc2nc(N)nc(SC)n2)cc1OCC. The molecule has 0 aliphatic rings. The van der Waals surface area contributed by atoms with Crippen LogP contribution in [0.2, 0.25) is 0 Å². The van der Waals surface area contributed by atoms with Crippen molar-refractivity contribution in [1.82, 2.24) is 15.0 Å². The number of aromatic nitrogens is 3. The highest BCUT2D eigenvalue weighted by atomic mass is 32.2. The van der Waals surface area contributed by atoms with Gasteiger partial charge in [-0.1, -0.05) is 17.8 Å². The quantitative estimate of drug-likeness (QED) is 0.702. The summed E-state index contributed by atoms with van der Waals surface area (Å²) >= 11 is 1.42. The molecule has 2 rings (SSSR count). The molecule has 0 saturated carbocycles. The second kappa shape index (κ2) is 8.58. The average molecular weight is 349 g/mol. The second-order valence-corrected chi connectivity index (χ2v) is 5.72. The number of benzene rings is 1. The number of ether oxygens (including phenoxy) is 2. The first-order valence-corrected chi connectivity index (χ1v) is 9.01. The lowest BCUT2D eigenvalue weighted by Crippen LogP contribution is -2.12. The lowest BCUT2D eigenvalue weighted by Gasteiger charge is -2.17. The van der Waals surface area contributed by atoms with Crippen molar-refractivity contribution in [2.24, 2.45) is 0 Å². The summed E-state index contributed by atoms with van der Waals surface area (Å²) in [5.74, 6) is 2.12. The highest BCUT2D eigenvalue weighted by molar-refractivity contribution is 7.98. The van der Waals surface area contributed by atoms with Gasteiger partial charge in [-0.05, 0) is 44.7 Å². The van der Waals surface area contributed by atoms with Crippen LogP contribution < -0.4 is 20.5 Å². The average Bonchev–Trinajstić information content (AvgIpc) is 2.56. The third kappa shape index (κ3) is 4.64. The fourth-order valence-electron chi connectivity index (χ4n) is 2.14. The second-order valence-electron chi connectivity index (χ2n) is 4.94. The molecule has 2 aromatic rings. The molecule has 7 nitrogen and oxygen atoms in total. The summed E-state index contributed by atoms with van der Waals surface area (Å²) in [4.78, 5) is 12.5. The van der Waals surface area contributed by atoms with Gasteiger partial charge in [0.2, 0.25) is 11.9 Å². The van der Waals surface area contributed by atoms with Gasteiger partial charge in [0.05, 0.1) is 19.3 Å². The molecule has 1 aromatic heterocycles. The Morgan fingerprint density at radius 3 is 2.50 bits per heavy atom. The summed E-state index contributed by atoms with van der Waals surface area (Å²) in [6.07, 6.45) is 1.89. The Morgan fingerprint density at radius 1 is 1.12 bits per heavy atom. The van der Waals surface area contributed by atoms with E-state index < -0.39 is 0 Å². The van der Waals surface area contributed by atoms with Gasteiger partial charge in [0.25, 0.3) is 0 Å². The van der Waals surface area contributed by atoms with Gasteiger partial charge in [-0.15, -0.1) is 0 Å². The molecule has 1 aromatic carbocycles. The smallest absolute Gasteiger partial charge is 0.228 e. The maximum atomic E-state index is 5.71. The number of hydrogen-bond donors (Lipinski definition) is 2. The summed E-state index contributed by atoms with van der Waals surface area (Å²) in [5.41, 5.74) is 6.75. The van der Waals surface area contributed by atoms with E-state index in [2.05, 4.69) is 20.3 Å². The third-order valence-corrected chi connectivity index (χ3v) is 3.78. The third-order valence-electron chi connectivity index (χ3n) is 3.23. The maximum absolute atomic E-state index is 5.71. The van der Waals surface area contributed by atoms with Crippen LogP contribution in [-0.4, -0.2) is 34.4 Å². The number of nitrogens with zero attached hydrogens (tertiary/aromatic N) is 3. The molecule has 0 aliphatic carbocycles. The molecule has 0 saturated heterocycles. The molecule has 0 aliphatic heterocycles. The standard InChI is InChI=1S/C16H23N5O2S/c1-5-22-12-8-7-11(9-13(12)23-6-2)10(3)18-15-19-14(17)20-16(21-15)24-4/h7-10H,5-6H2,1-4H3,(H3,17,18,19,20,21). The highest BCUT2D eigenvalue weighted by Gasteiger charge is 2.13. The lowest BCUT2D eigenvalue weighted by molar-refractivity contribution is 0.287. The van der Waals surface area contributed by atoms with Gasteiger partial charge in [0.15, 0.2) is 16.7 Å². The van der Waals surface area contributed by atoms with Crippen molar-refractivity contribution in [3.8, 4) is 11.5 Å². The molecule has 8 heteroatoms. The molecular weight excluding hydrogens is 326 g/mol. The van der Waals surface area contributed by atoms with Crippen molar-refractivity contribution in [3.05, 3.63) is 23.8 Å². The summed E-state index contributed by atoms with van der Waals surface area (Å²) in [5, 5.41) is 3.82. The topological polar surface area (TPSA) is 95.2 Å². The van der Waals surface area contributed by atoms with E-state index in [1.165, 1.54) is 11.8 Å². The summed E-state index contributed by atoms with van der Waals surface area (Å²) in [6, 6.07) is 5.84. The number of nitrogens with two attached hydrogens (primary N) is 1. The molecule has 0 amide bonds. The van der Waals surface area contributed by atoms with Gasteiger partial charge >= 0.3 is 0 Å². The number of thioether (sulfide) groups is 1. The van der Waals surface area contributed by atoms with E-state index in [4.69, 9.17) is 15.2 Å². The predicted octanol–water partition coefficient (Wildman–Crippen LogP) is 3.15. The molecule has 0 spiro atoms. The van der Waals surface area contributed by atoms with E-state index >= 15 is 0 Å². The Hall–Kier alpha value is -2.22. The Morgan fingerprint density at radius 2 is 1.83 bits per heavy atom. The fraction of sp³-hybridized carbons (Fsp3) is 0.438. The minimum atomic E-state index is -0.0311. The van der Waals surface area contributed by atoms with Crippen molar-refractivity contribution in [1.29, 1.82) is 0 Å². The highest BCUT2D eigenvalue weighted by Crippen LogP contribution is 2.31. The normalized spacial score (nSPS) is 11.8. The molecule has 0 fully saturated rings. The van der Waals surface area contributed by atoms with E-state index in [1.54, 1.807) is 0 Å². The van der Waals surface area contributed by atoms with E-state index in [9.17, 15) is 0 Å². The van der Waals surface area contributed by atoms with Crippen LogP contribution in [0.3, 0.4) is 0 Å². The number of hydrogen-bond acceptors (Lipinski definition) is 8. The van der Waals surface area contributed by atoms with Crippen molar-refractivity contribution in [2.75, 3.05) is 30.5 Å². The van der Waals surface area contributed by atoms with Crippen molar-refractivity contribution in [2.45, 2.75) is 32.0 Å². The van der Waals surface area contributed by atoms with Gasteiger partial charge in [0, 0.05) is 0 Å². The van der Waals surface area contributed by atoms with Crippen LogP contribution in [0.15, 0.2) is 23.4 Å². The first-order valence-electron chi connectivity index (χ1n) is 7.79. The van der Waals surface area contributed by atoms with Crippen LogP contribution in [0.4, 0.5) is 11.9 Å². The molecule has 24 heavy (non-hydrogen) atoms. The van der Waals surface area contributed by atoms with Gasteiger partial charge in [-0.3, -0.25) is 0 Å². The molecule has 130 valence electrons. The Bertz CT molecular complexity index is 684. The number of anilines is 2. The van der Waals surface area contributed by atoms with Crippen LogP contribution in [0, 0.1) is 0 Å². The molecule has 3 N–H and O–H groups in total. The van der Waals surface area contributed by atoms with Crippen LogP contribution in [0.1, 0.15) is 32.4 Å². The molecule has 1 unspecified atom stereocenters. The van der Waals surface area contributed by atoms with Crippen LogP contribution in [0.5, 0.6) is 11.5 Å². The van der Waals surface area contributed by atoms with E-state index in [0.717, 1.165) is 17.1 Å². The first-order chi connectivity index (χ1) is 11.6. The molecule has 1 heterocycles.